The number of fused-ring (bicyclic) bond motifs is 1. The second-order valence-corrected chi connectivity index (χ2v) is 12.1. The van der Waals surface area contributed by atoms with Gasteiger partial charge in [-0.15, -0.1) is 0 Å². The van der Waals surface area contributed by atoms with Gasteiger partial charge in [0, 0.05) is 50.5 Å². The molecule has 0 radical (unpaired) electrons. The normalized spacial score (nSPS) is 20.1. The fourth-order valence-corrected chi connectivity index (χ4v) is 6.49. The summed E-state index contributed by atoms with van der Waals surface area (Å²) in [6.07, 6.45) is 10.8. The molecule has 0 unspecified atom stereocenters. The number of hydrogen-bond acceptors (Lipinski definition) is 5. The first-order valence-electron chi connectivity index (χ1n) is 14.5. The number of hydrogen-bond donors (Lipinski definition) is 0. The molecule has 3 aromatic rings. The number of carbonyl (C=O) groups is 2. The van der Waals surface area contributed by atoms with Crippen molar-refractivity contribution in [2.75, 3.05) is 33.8 Å². The SMILES string of the molecule is COC(=O)C1CCC(CN2CC(Cc3cn(-c4ccc(F)cc4C(=O)N(C)C(C)C)c4cncc(C)c34)C2)CC1. The predicted octanol–water partition coefficient (Wildman–Crippen LogP) is 5.41. The van der Waals surface area contributed by atoms with Gasteiger partial charge in [0.05, 0.1) is 36.0 Å². The van der Waals surface area contributed by atoms with Gasteiger partial charge in [0.1, 0.15) is 5.82 Å². The highest BCUT2D eigenvalue weighted by molar-refractivity contribution is 5.99. The number of likely N-dealkylation sites (tertiary alicyclic amines) is 1. The van der Waals surface area contributed by atoms with Gasteiger partial charge in [-0.3, -0.25) is 14.6 Å². The third-order valence-corrected chi connectivity index (χ3v) is 8.96. The highest BCUT2D eigenvalue weighted by Crippen LogP contribution is 2.35. The van der Waals surface area contributed by atoms with Crippen LogP contribution in [0.5, 0.6) is 0 Å². The quantitative estimate of drug-likeness (QED) is 0.352. The Kier molecular flexibility index (Phi) is 8.26. The van der Waals surface area contributed by atoms with Gasteiger partial charge in [-0.25, -0.2) is 4.39 Å². The summed E-state index contributed by atoms with van der Waals surface area (Å²) in [5.74, 6) is 0.585. The van der Waals surface area contributed by atoms with Crippen molar-refractivity contribution in [2.24, 2.45) is 17.8 Å². The Morgan fingerprint density at radius 2 is 1.85 bits per heavy atom. The van der Waals surface area contributed by atoms with Crippen LogP contribution < -0.4 is 0 Å². The molecule has 1 saturated carbocycles. The molecule has 0 atom stereocenters. The number of halogens is 1. The maximum atomic E-state index is 14.4. The molecular weight excluding hydrogens is 507 g/mol. The molecule has 214 valence electrons. The molecule has 3 heterocycles. The van der Waals surface area contributed by atoms with E-state index in [9.17, 15) is 14.0 Å². The van der Waals surface area contributed by atoms with E-state index in [0.717, 1.165) is 68.2 Å². The lowest BCUT2D eigenvalue weighted by molar-refractivity contribution is -0.146. The maximum absolute atomic E-state index is 14.4. The van der Waals surface area contributed by atoms with Crippen LogP contribution in [0.15, 0.2) is 36.8 Å². The predicted molar refractivity (Wildman–Crippen MR) is 154 cm³/mol. The zero-order valence-corrected chi connectivity index (χ0v) is 24.3. The van der Waals surface area contributed by atoms with E-state index in [1.54, 1.807) is 18.0 Å². The van der Waals surface area contributed by atoms with E-state index in [-0.39, 0.29) is 23.8 Å². The van der Waals surface area contributed by atoms with Crippen LogP contribution in [0.2, 0.25) is 0 Å². The van der Waals surface area contributed by atoms with Gasteiger partial charge < -0.3 is 19.1 Å². The largest absolute Gasteiger partial charge is 0.469 e. The molecule has 0 bridgehead atoms. The molecule has 1 amide bonds. The second kappa shape index (κ2) is 11.7. The van der Waals surface area contributed by atoms with Gasteiger partial charge in [-0.2, -0.15) is 0 Å². The Balaban J connectivity index is 1.32. The molecule has 1 aliphatic carbocycles. The number of aromatic nitrogens is 2. The number of rotatable bonds is 8. The van der Waals surface area contributed by atoms with E-state index in [4.69, 9.17) is 4.74 Å². The molecule has 1 saturated heterocycles. The summed E-state index contributed by atoms with van der Waals surface area (Å²) in [7, 11) is 3.23. The lowest BCUT2D eigenvalue weighted by atomic mass is 9.81. The average molecular weight is 549 g/mol. The van der Waals surface area contributed by atoms with Crippen molar-refractivity contribution in [1.29, 1.82) is 0 Å². The van der Waals surface area contributed by atoms with Crippen molar-refractivity contribution in [2.45, 2.75) is 58.9 Å². The van der Waals surface area contributed by atoms with Gasteiger partial charge in [0.15, 0.2) is 0 Å². The van der Waals surface area contributed by atoms with Crippen LogP contribution in [0.1, 0.15) is 61.0 Å². The van der Waals surface area contributed by atoms with E-state index in [2.05, 4.69) is 23.0 Å². The topological polar surface area (TPSA) is 67.7 Å². The van der Waals surface area contributed by atoms with Gasteiger partial charge in [0.25, 0.3) is 5.91 Å². The van der Waals surface area contributed by atoms with Crippen LogP contribution in [0, 0.1) is 30.5 Å². The number of amides is 1. The minimum Gasteiger partial charge on any atom is -0.469 e. The Hall–Kier alpha value is -3.26. The van der Waals surface area contributed by atoms with E-state index in [1.165, 1.54) is 24.8 Å². The lowest BCUT2D eigenvalue weighted by Crippen LogP contribution is -2.49. The minimum atomic E-state index is -0.427. The third-order valence-electron chi connectivity index (χ3n) is 8.96. The van der Waals surface area contributed by atoms with Crippen LogP contribution in [-0.4, -0.2) is 71.1 Å². The first kappa shape index (κ1) is 28.3. The third kappa shape index (κ3) is 5.64. The van der Waals surface area contributed by atoms with Crippen LogP contribution in [-0.2, 0) is 16.0 Å². The second-order valence-electron chi connectivity index (χ2n) is 12.1. The van der Waals surface area contributed by atoms with E-state index >= 15 is 0 Å². The van der Waals surface area contributed by atoms with Crippen molar-refractivity contribution >= 4 is 22.8 Å². The minimum absolute atomic E-state index is 0.00561. The zero-order valence-electron chi connectivity index (χ0n) is 24.3. The summed E-state index contributed by atoms with van der Waals surface area (Å²) in [5, 5.41) is 1.16. The fraction of sp³-hybridized carbons (Fsp3) is 0.531. The van der Waals surface area contributed by atoms with Crippen molar-refractivity contribution in [3.8, 4) is 5.69 Å². The van der Waals surface area contributed by atoms with Crippen LogP contribution in [0.25, 0.3) is 16.6 Å². The number of pyridine rings is 1. The maximum Gasteiger partial charge on any atom is 0.308 e. The van der Waals surface area contributed by atoms with Crippen LogP contribution in [0.3, 0.4) is 0 Å². The van der Waals surface area contributed by atoms with E-state index in [0.29, 0.717) is 23.1 Å². The highest BCUT2D eigenvalue weighted by Gasteiger charge is 2.33. The molecule has 8 heteroatoms. The summed E-state index contributed by atoms with van der Waals surface area (Å²) < 4.78 is 21.3. The number of carbonyl (C=O) groups excluding carboxylic acids is 2. The number of esters is 1. The standard InChI is InChI=1S/C32H41FN4O3/c1-20(2)35(4)31(38)27-13-26(33)10-11-28(27)37-19-25(30-21(3)14-34-15-29(30)37)12-23-17-36(18-23)16-22-6-8-24(9-7-22)32(39)40-5/h10-11,13-15,19-20,22-24H,6-9,12,16-18H2,1-5H3. The molecule has 0 N–H and O–H groups in total. The Morgan fingerprint density at radius 3 is 2.52 bits per heavy atom. The van der Waals surface area contributed by atoms with Gasteiger partial charge >= 0.3 is 5.97 Å². The van der Waals surface area contributed by atoms with Crippen molar-refractivity contribution in [1.82, 2.24) is 19.4 Å². The smallest absolute Gasteiger partial charge is 0.308 e. The van der Waals surface area contributed by atoms with E-state index < -0.39 is 5.82 Å². The molecule has 2 fully saturated rings. The molecule has 1 aromatic carbocycles. The number of aryl methyl sites for hydroxylation is 1. The van der Waals surface area contributed by atoms with Gasteiger partial charge in [-0.1, -0.05) is 0 Å². The fourth-order valence-electron chi connectivity index (χ4n) is 6.49. The molecule has 2 aromatic heterocycles. The summed E-state index contributed by atoms with van der Waals surface area (Å²) >= 11 is 0. The first-order valence-corrected chi connectivity index (χ1v) is 14.5. The summed E-state index contributed by atoms with van der Waals surface area (Å²) in [6, 6.07) is 4.45. The lowest BCUT2D eigenvalue weighted by Gasteiger charge is -2.42. The first-order chi connectivity index (χ1) is 19.2. The van der Waals surface area contributed by atoms with Crippen molar-refractivity contribution in [3.63, 3.8) is 0 Å². The number of ether oxygens (including phenoxy) is 1. The van der Waals surface area contributed by atoms with Crippen molar-refractivity contribution in [3.05, 3.63) is 59.3 Å². The Bertz CT molecular complexity index is 1390. The molecule has 1 aliphatic heterocycles. The number of methoxy groups -OCH3 is 1. The summed E-state index contributed by atoms with van der Waals surface area (Å²) in [5.41, 5.74) is 4.27. The highest BCUT2D eigenvalue weighted by atomic mass is 19.1. The van der Waals surface area contributed by atoms with Crippen LogP contribution >= 0.6 is 0 Å². The van der Waals surface area contributed by atoms with Crippen LogP contribution in [0.4, 0.5) is 4.39 Å². The van der Waals surface area contributed by atoms with Gasteiger partial charge in [-0.05, 0) is 94.0 Å². The summed E-state index contributed by atoms with van der Waals surface area (Å²) in [4.78, 5) is 33.8. The monoisotopic (exact) mass is 548 g/mol. The Labute approximate surface area is 236 Å². The molecule has 40 heavy (non-hydrogen) atoms. The molecule has 0 spiro atoms. The van der Waals surface area contributed by atoms with E-state index in [1.807, 2.05) is 30.8 Å². The average Bonchev–Trinajstić information content (AvgIpc) is 3.30. The molecule has 5 rings (SSSR count). The molecular formula is C32H41FN4O3. The molecule has 2 aliphatic rings. The number of nitrogens with zero attached hydrogens (tertiary/aromatic N) is 4. The van der Waals surface area contributed by atoms with Crippen molar-refractivity contribution < 1.29 is 18.7 Å². The Morgan fingerprint density at radius 1 is 1.12 bits per heavy atom. The van der Waals surface area contributed by atoms with Gasteiger partial charge in [0.2, 0.25) is 0 Å². The zero-order chi connectivity index (χ0) is 28.6. The molecule has 7 nitrogen and oxygen atoms in total. The summed E-state index contributed by atoms with van der Waals surface area (Å²) in [6.45, 7) is 9.19. The number of benzene rings is 1.